The van der Waals surface area contributed by atoms with E-state index in [1.807, 2.05) is 0 Å². The van der Waals surface area contributed by atoms with Gasteiger partial charge in [0.15, 0.2) is 0 Å². The van der Waals surface area contributed by atoms with E-state index in [0.717, 1.165) is 6.07 Å². The van der Waals surface area contributed by atoms with E-state index >= 15 is 0 Å². The van der Waals surface area contributed by atoms with Crippen LogP contribution in [0, 0.1) is 5.82 Å². The van der Waals surface area contributed by atoms with E-state index < -0.39 is 17.7 Å². The molecule has 0 atom stereocenters. The van der Waals surface area contributed by atoms with Gasteiger partial charge >= 0.3 is 11.9 Å². The van der Waals surface area contributed by atoms with Gasteiger partial charge in [0.1, 0.15) is 5.82 Å². The highest BCUT2D eigenvalue weighted by molar-refractivity contribution is 6.37. The van der Waals surface area contributed by atoms with Crippen LogP contribution in [-0.4, -0.2) is 18.5 Å². The Balaban J connectivity index is 2.70. The van der Waals surface area contributed by atoms with Gasteiger partial charge in [-0.3, -0.25) is 4.79 Å². The van der Waals surface area contributed by atoms with Crippen molar-refractivity contribution in [1.82, 2.24) is 0 Å². The fourth-order valence-corrected chi connectivity index (χ4v) is 1.07. The second-order valence-electron chi connectivity index (χ2n) is 2.80. The van der Waals surface area contributed by atoms with Gasteiger partial charge in [0, 0.05) is 5.69 Å². The van der Waals surface area contributed by atoms with Gasteiger partial charge in [-0.15, -0.1) is 0 Å². The minimum absolute atomic E-state index is 0.0610. The smallest absolute Gasteiger partial charge is 0.397 e. The lowest BCUT2D eigenvalue weighted by Gasteiger charge is -2.04. The number of amides is 1. The average molecular weight is 246 g/mol. The van der Waals surface area contributed by atoms with Gasteiger partial charge in [0.2, 0.25) is 0 Å². The van der Waals surface area contributed by atoms with Crippen molar-refractivity contribution in [3.8, 4) is 0 Å². The first-order valence-corrected chi connectivity index (χ1v) is 4.85. The number of esters is 1. The minimum atomic E-state index is -1.02. The van der Waals surface area contributed by atoms with Crippen LogP contribution < -0.4 is 5.32 Å². The Morgan fingerprint density at radius 1 is 1.50 bits per heavy atom. The average Bonchev–Trinajstić information content (AvgIpc) is 2.24. The number of rotatable bonds is 2. The van der Waals surface area contributed by atoms with Crippen LogP contribution in [0.25, 0.3) is 0 Å². The lowest BCUT2D eigenvalue weighted by atomic mass is 10.3. The third kappa shape index (κ3) is 3.20. The summed E-state index contributed by atoms with van der Waals surface area (Å²) >= 11 is 5.45. The van der Waals surface area contributed by atoms with Crippen molar-refractivity contribution >= 4 is 29.2 Å². The maximum Gasteiger partial charge on any atom is 0.397 e. The molecule has 86 valence electrons. The van der Waals surface area contributed by atoms with Gasteiger partial charge in [-0.25, -0.2) is 9.18 Å². The summed E-state index contributed by atoms with van der Waals surface area (Å²) in [6.45, 7) is 1.67. The van der Waals surface area contributed by atoms with Crippen LogP contribution in [0.4, 0.5) is 10.1 Å². The summed E-state index contributed by atoms with van der Waals surface area (Å²) in [4.78, 5) is 22.1. The van der Waals surface area contributed by atoms with Crippen molar-refractivity contribution in [1.29, 1.82) is 0 Å². The lowest BCUT2D eigenvalue weighted by molar-refractivity contribution is -0.152. The van der Waals surface area contributed by atoms with Gasteiger partial charge in [0.05, 0.1) is 11.6 Å². The monoisotopic (exact) mass is 245 g/mol. The van der Waals surface area contributed by atoms with Crippen LogP contribution in [0.3, 0.4) is 0 Å². The van der Waals surface area contributed by atoms with Crippen LogP contribution in [0.5, 0.6) is 0 Å². The molecule has 0 aliphatic rings. The molecule has 6 heteroatoms. The highest BCUT2D eigenvalue weighted by Crippen LogP contribution is 2.18. The Morgan fingerprint density at radius 2 is 2.19 bits per heavy atom. The summed E-state index contributed by atoms with van der Waals surface area (Å²) in [5, 5.41) is 2.12. The molecule has 1 aromatic rings. The quantitative estimate of drug-likeness (QED) is 0.640. The van der Waals surface area contributed by atoms with Gasteiger partial charge in [-0.1, -0.05) is 11.6 Å². The molecule has 1 amide bonds. The molecule has 4 nitrogen and oxygen atoms in total. The molecule has 16 heavy (non-hydrogen) atoms. The summed E-state index contributed by atoms with van der Waals surface area (Å²) in [6, 6.07) is 3.67. The van der Waals surface area contributed by atoms with E-state index in [1.54, 1.807) is 6.92 Å². The van der Waals surface area contributed by atoms with E-state index in [9.17, 15) is 14.0 Å². The maximum atomic E-state index is 13.0. The first kappa shape index (κ1) is 12.4. The highest BCUT2D eigenvalue weighted by atomic mass is 35.5. The molecule has 0 unspecified atom stereocenters. The van der Waals surface area contributed by atoms with E-state index in [0.29, 0.717) is 0 Å². The summed E-state index contributed by atoms with van der Waals surface area (Å²) in [6.07, 6.45) is 0. The van der Waals surface area contributed by atoms with Crippen molar-refractivity contribution in [2.24, 2.45) is 0 Å². The van der Waals surface area contributed by atoms with Crippen LogP contribution in [0.2, 0.25) is 5.02 Å². The van der Waals surface area contributed by atoms with Gasteiger partial charge in [-0.05, 0) is 25.1 Å². The predicted octanol–water partition coefficient (Wildman–Crippen LogP) is 1.98. The second-order valence-corrected chi connectivity index (χ2v) is 3.21. The van der Waals surface area contributed by atoms with Crippen LogP contribution >= 0.6 is 11.6 Å². The lowest BCUT2D eigenvalue weighted by Crippen LogP contribution is -2.25. The van der Waals surface area contributed by atoms with Crippen molar-refractivity contribution in [2.75, 3.05) is 11.9 Å². The van der Waals surface area contributed by atoms with Crippen molar-refractivity contribution < 1.29 is 18.7 Å². The third-order valence-electron chi connectivity index (χ3n) is 1.64. The SMILES string of the molecule is CCOC(=O)C(=O)Nc1ccc(Cl)c(F)c1. The Kier molecular flexibility index (Phi) is 4.25. The summed E-state index contributed by atoms with van der Waals surface area (Å²) < 4.78 is 17.4. The molecule has 0 spiro atoms. The first-order valence-electron chi connectivity index (χ1n) is 4.47. The molecule has 0 aromatic heterocycles. The molecule has 0 heterocycles. The molecule has 1 N–H and O–H groups in total. The fourth-order valence-electron chi connectivity index (χ4n) is 0.953. The molecule has 0 saturated carbocycles. The number of anilines is 1. The fraction of sp³-hybridized carbons (Fsp3) is 0.200. The molecule has 0 aliphatic heterocycles. The molecular formula is C10H9ClFNO3. The zero-order valence-electron chi connectivity index (χ0n) is 8.42. The van der Waals surface area contributed by atoms with E-state index in [-0.39, 0.29) is 17.3 Å². The second kappa shape index (κ2) is 5.46. The predicted molar refractivity (Wildman–Crippen MR) is 56.7 cm³/mol. The molecule has 1 rings (SSSR count). The topological polar surface area (TPSA) is 55.4 Å². The summed E-state index contributed by atoms with van der Waals surface area (Å²) in [5.41, 5.74) is 0.139. The molecule has 0 bridgehead atoms. The van der Waals surface area contributed by atoms with Crippen LogP contribution in [-0.2, 0) is 14.3 Å². The Bertz CT molecular complexity index is 423. The standard InChI is InChI=1S/C10H9ClFNO3/c1-2-16-10(15)9(14)13-6-3-4-7(11)8(12)5-6/h3-5H,2H2,1H3,(H,13,14). The number of benzene rings is 1. The van der Waals surface area contributed by atoms with Gasteiger partial charge < -0.3 is 10.1 Å². The number of ether oxygens (including phenoxy) is 1. The number of carbonyl (C=O) groups excluding carboxylic acids is 2. The molecule has 1 aromatic carbocycles. The molecule has 0 saturated heterocycles. The number of carbonyl (C=O) groups is 2. The summed E-state index contributed by atoms with van der Waals surface area (Å²) in [5.74, 6) is -2.65. The molecular weight excluding hydrogens is 237 g/mol. The number of hydrogen-bond donors (Lipinski definition) is 1. The van der Waals surface area contributed by atoms with Gasteiger partial charge in [-0.2, -0.15) is 0 Å². The molecule has 0 radical (unpaired) electrons. The van der Waals surface area contributed by atoms with Crippen LogP contribution in [0.15, 0.2) is 18.2 Å². The Hall–Kier alpha value is -1.62. The first-order chi connectivity index (χ1) is 7.54. The van der Waals surface area contributed by atoms with E-state index in [1.165, 1.54) is 12.1 Å². The Morgan fingerprint density at radius 3 is 2.75 bits per heavy atom. The van der Waals surface area contributed by atoms with Gasteiger partial charge in [0.25, 0.3) is 0 Å². The van der Waals surface area contributed by atoms with Crippen molar-refractivity contribution in [3.63, 3.8) is 0 Å². The van der Waals surface area contributed by atoms with E-state index in [4.69, 9.17) is 11.6 Å². The van der Waals surface area contributed by atoms with Crippen molar-refractivity contribution in [2.45, 2.75) is 6.92 Å². The maximum absolute atomic E-state index is 13.0. The zero-order valence-corrected chi connectivity index (χ0v) is 9.18. The minimum Gasteiger partial charge on any atom is -0.459 e. The highest BCUT2D eigenvalue weighted by Gasteiger charge is 2.15. The largest absolute Gasteiger partial charge is 0.459 e. The Labute approximate surface area is 96.3 Å². The normalized spacial score (nSPS) is 9.69. The molecule has 0 aliphatic carbocycles. The molecule has 0 fully saturated rings. The third-order valence-corrected chi connectivity index (χ3v) is 1.94. The number of hydrogen-bond acceptors (Lipinski definition) is 3. The van der Waals surface area contributed by atoms with Crippen molar-refractivity contribution in [3.05, 3.63) is 29.0 Å². The zero-order chi connectivity index (χ0) is 12.1. The summed E-state index contributed by atoms with van der Waals surface area (Å²) in [7, 11) is 0. The van der Waals surface area contributed by atoms with Crippen LogP contribution in [0.1, 0.15) is 6.92 Å². The van der Waals surface area contributed by atoms with E-state index in [2.05, 4.69) is 10.1 Å². The number of nitrogens with one attached hydrogen (secondary N) is 1. The number of halogens is 2.